The van der Waals surface area contributed by atoms with E-state index < -0.39 is 0 Å². The molecule has 0 radical (unpaired) electrons. The lowest BCUT2D eigenvalue weighted by atomic mass is 10.1. The lowest BCUT2D eigenvalue weighted by Gasteiger charge is -2.15. The molecule has 0 amide bonds. The summed E-state index contributed by atoms with van der Waals surface area (Å²) in [5, 5.41) is 4.32. The molecule has 0 aromatic heterocycles. The highest BCUT2D eigenvalue weighted by atomic mass is 35.5. The van der Waals surface area contributed by atoms with Crippen molar-refractivity contribution in [2.45, 2.75) is 33.2 Å². The summed E-state index contributed by atoms with van der Waals surface area (Å²) in [5.74, 6) is 0.425. The predicted octanol–water partition coefficient (Wildman–Crippen LogP) is -5.53. The van der Waals surface area contributed by atoms with Crippen LogP contribution in [-0.4, -0.2) is 32.2 Å². The Morgan fingerprint density at radius 3 is 2.35 bits per heavy atom. The Bertz CT molecular complexity index is 403. The lowest BCUT2D eigenvalue weighted by Crippen LogP contribution is -3.00. The van der Waals surface area contributed by atoms with Crippen LogP contribution in [0.25, 0.3) is 0 Å². The van der Waals surface area contributed by atoms with Gasteiger partial charge in [0.2, 0.25) is 6.04 Å². The Hall–Kier alpha value is -0.810. The summed E-state index contributed by atoms with van der Waals surface area (Å²) >= 11 is 0. The van der Waals surface area contributed by atoms with Crippen molar-refractivity contribution in [3.05, 3.63) is 35.9 Å². The second-order valence-electron chi connectivity index (χ2n) is 5.75. The molecule has 0 fully saturated rings. The van der Waals surface area contributed by atoms with Crippen LogP contribution in [0.1, 0.15) is 38.8 Å². The van der Waals surface area contributed by atoms with Crippen molar-refractivity contribution in [1.29, 1.82) is 0 Å². The highest BCUT2D eigenvalue weighted by molar-refractivity contribution is 5.75. The van der Waals surface area contributed by atoms with Crippen LogP contribution in [-0.2, 0) is 9.53 Å². The molecule has 1 atom stereocenters. The minimum atomic E-state index is -0.247. The van der Waals surface area contributed by atoms with E-state index in [-0.39, 0.29) is 36.8 Å². The predicted molar refractivity (Wildman–Crippen MR) is 83.7 cm³/mol. The second kappa shape index (κ2) is 14.8. The molecule has 0 heterocycles. The molecule has 0 saturated carbocycles. The van der Waals surface area contributed by atoms with Crippen molar-refractivity contribution in [2.24, 2.45) is 5.92 Å². The fourth-order valence-electron chi connectivity index (χ4n) is 2.10. The van der Waals surface area contributed by atoms with Gasteiger partial charge in [0.1, 0.15) is 13.1 Å². The molecule has 4 nitrogen and oxygen atoms in total. The number of benzene rings is 1. The van der Waals surface area contributed by atoms with Crippen molar-refractivity contribution in [1.82, 2.24) is 0 Å². The Labute approximate surface area is 152 Å². The number of hydrogen-bond acceptors (Lipinski definition) is 2. The van der Waals surface area contributed by atoms with E-state index in [1.165, 1.54) is 0 Å². The Morgan fingerprint density at radius 1 is 1.13 bits per heavy atom. The molecule has 0 saturated heterocycles. The topological polar surface area (TPSA) is 59.5 Å². The largest absolute Gasteiger partial charge is 1.00 e. The van der Waals surface area contributed by atoms with E-state index in [0.29, 0.717) is 12.5 Å². The summed E-state index contributed by atoms with van der Waals surface area (Å²) in [6.45, 7) is 9.91. The van der Waals surface area contributed by atoms with E-state index in [0.717, 1.165) is 31.6 Å². The van der Waals surface area contributed by atoms with Gasteiger partial charge in [-0.1, -0.05) is 44.2 Å². The van der Waals surface area contributed by atoms with Crippen LogP contribution in [0.15, 0.2) is 30.3 Å². The molecular weight excluding hydrogens is 335 g/mol. The molecular formula is C17H30Cl2N2O2. The highest BCUT2D eigenvalue weighted by Crippen LogP contribution is 2.10. The second-order valence-corrected chi connectivity index (χ2v) is 5.75. The van der Waals surface area contributed by atoms with Crippen LogP contribution in [0.2, 0.25) is 0 Å². The van der Waals surface area contributed by atoms with Crippen molar-refractivity contribution in [2.75, 3.05) is 26.2 Å². The zero-order chi connectivity index (χ0) is 15.5. The van der Waals surface area contributed by atoms with Gasteiger partial charge in [0, 0.05) is 5.56 Å². The number of quaternary nitrogens is 2. The SMILES string of the molecule is CC[NH2+]CC[NH2+]C(C(=O)OCCC(C)C)c1ccccc1.[Cl-].[Cl-]. The van der Waals surface area contributed by atoms with Gasteiger partial charge < -0.3 is 40.2 Å². The van der Waals surface area contributed by atoms with Gasteiger partial charge in [-0.05, 0) is 19.3 Å². The van der Waals surface area contributed by atoms with Gasteiger partial charge in [-0.15, -0.1) is 0 Å². The molecule has 1 unspecified atom stereocenters. The van der Waals surface area contributed by atoms with Gasteiger partial charge in [0.25, 0.3) is 0 Å². The van der Waals surface area contributed by atoms with Crippen LogP contribution in [0.5, 0.6) is 0 Å². The number of hydrogen-bond donors (Lipinski definition) is 2. The molecule has 0 bridgehead atoms. The monoisotopic (exact) mass is 364 g/mol. The molecule has 4 N–H and O–H groups in total. The molecule has 134 valence electrons. The van der Waals surface area contributed by atoms with Crippen molar-refractivity contribution < 1.29 is 45.0 Å². The third kappa shape index (κ3) is 10.6. The molecule has 0 aliphatic heterocycles. The van der Waals surface area contributed by atoms with E-state index in [1.54, 1.807) is 0 Å². The summed E-state index contributed by atoms with van der Waals surface area (Å²) in [6, 6.07) is 9.65. The average Bonchev–Trinajstić information content (AvgIpc) is 2.47. The number of rotatable bonds is 10. The normalized spacial score (nSPS) is 11.3. The molecule has 23 heavy (non-hydrogen) atoms. The zero-order valence-corrected chi connectivity index (χ0v) is 15.8. The Balaban J connectivity index is 0. The van der Waals surface area contributed by atoms with Gasteiger partial charge >= 0.3 is 5.97 Å². The molecule has 6 heteroatoms. The standard InChI is InChI=1S/C17H28N2O2.2ClH/c1-4-18-11-12-19-16(15-8-6-5-7-9-15)17(20)21-13-10-14(2)3;;/h5-9,14,16,18-19H,4,10-13H2,1-3H3;2*1H. The summed E-state index contributed by atoms with van der Waals surface area (Å²) in [5.41, 5.74) is 1.02. The van der Waals surface area contributed by atoms with Gasteiger partial charge in [0.05, 0.1) is 13.2 Å². The first kappa shape index (κ1) is 24.4. The molecule has 0 spiro atoms. The number of carbonyl (C=O) groups is 1. The first-order valence-electron chi connectivity index (χ1n) is 8.01. The quantitative estimate of drug-likeness (QED) is 0.321. The number of nitrogens with two attached hydrogens (primary N) is 2. The molecule has 0 aliphatic carbocycles. The third-order valence-corrected chi connectivity index (χ3v) is 3.41. The maximum Gasteiger partial charge on any atom is 0.369 e. The molecule has 1 aromatic carbocycles. The number of ether oxygens (including phenoxy) is 1. The van der Waals surface area contributed by atoms with Crippen molar-refractivity contribution >= 4 is 5.97 Å². The van der Waals surface area contributed by atoms with E-state index in [9.17, 15) is 4.79 Å². The highest BCUT2D eigenvalue weighted by Gasteiger charge is 2.25. The van der Waals surface area contributed by atoms with Gasteiger partial charge in [0.15, 0.2) is 0 Å². The minimum absolute atomic E-state index is 0. The summed E-state index contributed by atoms with van der Waals surface area (Å²) in [6.07, 6.45) is 0.914. The van der Waals surface area contributed by atoms with Crippen LogP contribution in [0.4, 0.5) is 0 Å². The van der Waals surface area contributed by atoms with E-state index in [1.807, 2.05) is 30.3 Å². The first-order valence-corrected chi connectivity index (χ1v) is 8.01. The Kier molecular flexibility index (Phi) is 15.7. The summed E-state index contributed by atoms with van der Waals surface area (Å²) in [4.78, 5) is 12.3. The van der Waals surface area contributed by atoms with Gasteiger partial charge in [-0.25, -0.2) is 4.79 Å². The van der Waals surface area contributed by atoms with Gasteiger partial charge in [-0.3, -0.25) is 0 Å². The van der Waals surface area contributed by atoms with Crippen molar-refractivity contribution in [3.8, 4) is 0 Å². The minimum Gasteiger partial charge on any atom is -1.00 e. The van der Waals surface area contributed by atoms with Gasteiger partial charge in [-0.2, -0.15) is 0 Å². The fourth-order valence-corrected chi connectivity index (χ4v) is 2.10. The van der Waals surface area contributed by atoms with E-state index in [2.05, 4.69) is 31.4 Å². The Morgan fingerprint density at radius 2 is 1.78 bits per heavy atom. The van der Waals surface area contributed by atoms with Crippen molar-refractivity contribution in [3.63, 3.8) is 0 Å². The van der Waals surface area contributed by atoms with Crippen LogP contribution in [0, 0.1) is 5.92 Å². The molecule has 1 rings (SSSR count). The number of halogens is 2. The van der Waals surface area contributed by atoms with E-state index in [4.69, 9.17) is 4.74 Å². The summed E-state index contributed by atoms with van der Waals surface area (Å²) in [7, 11) is 0. The van der Waals surface area contributed by atoms with Crippen LogP contribution in [0.3, 0.4) is 0 Å². The third-order valence-electron chi connectivity index (χ3n) is 3.41. The first-order chi connectivity index (χ1) is 10.1. The number of carbonyl (C=O) groups excluding carboxylic acids is 1. The lowest BCUT2D eigenvalue weighted by molar-refractivity contribution is -0.737. The number of likely N-dealkylation sites (N-methyl/N-ethyl adjacent to an activating group) is 1. The summed E-state index contributed by atoms with van der Waals surface area (Å²) < 4.78 is 5.45. The smallest absolute Gasteiger partial charge is 0.369 e. The van der Waals surface area contributed by atoms with Crippen LogP contribution < -0.4 is 35.4 Å². The number of esters is 1. The average molecular weight is 365 g/mol. The zero-order valence-electron chi connectivity index (χ0n) is 14.3. The van der Waals surface area contributed by atoms with Crippen LogP contribution >= 0.6 is 0 Å². The fraction of sp³-hybridized carbons (Fsp3) is 0.588. The molecule has 1 aromatic rings. The maximum absolute atomic E-state index is 12.3. The van der Waals surface area contributed by atoms with E-state index >= 15 is 0 Å². The molecule has 0 aliphatic rings. The maximum atomic E-state index is 12.3.